The first kappa shape index (κ1) is 26.4. The summed E-state index contributed by atoms with van der Waals surface area (Å²) in [5.74, 6) is -0.123. The Hall–Kier alpha value is -3.16. The van der Waals surface area contributed by atoms with Crippen LogP contribution in [0.2, 0.25) is 0 Å². The van der Waals surface area contributed by atoms with Gasteiger partial charge in [-0.2, -0.15) is 0 Å². The quantitative estimate of drug-likeness (QED) is 0.431. The van der Waals surface area contributed by atoms with E-state index >= 15 is 0 Å². The lowest BCUT2D eigenvalue weighted by atomic mass is 9.91. The summed E-state index contributed by atoms with van der Waals surface area (Å²) >= 11 is 0. The number of nitrogens with one attached hydrogen (secondary N) is 1. The van der Waals surface area contributed by atoms with Crippen LogP contribution in [0.25, 0.3) is 10.9 Å². The van der Waals surface area contributed by atoms with Crippen LogP contribution >= 0.6 is 0 Å². The Morgan fingerprint density at radius 1 is 1.11 bits per heavy atom. The molecular formula is C31H40N4O3. The van der Waals surface area contributed by atoms with Crippen LogP contribution in [0.1, 0.15) is 59.9 Å². The van der Waals surface area contributed by atoms with Crippen LogP contribution in [0.4, 0.5) is 0 Å². The van der Waals surface area contributed by atoms with Gasteiger partial charge in [0.2, 0.25) is 5.91 Å². The number of amides is 2. The first-order valence-electron chi connectivity index (χ1n) is 14.0. The molecule has 0 radical (unpaired) electrons. The van der Waals surface area contributed by atoms with Crippen molar-refractivity contribution in [3.8, 4) is 0 Å². The van der Waals surface area contributed by atoms with E-state index in [1.807, 2.05) is 41.3 Å². The van der Waals surface area contributed by atoms with Crippen molar-refractivity contribution in [1.29, 1.82) is 0 Å². The van der Waals surface area contributed by atoms with Crippen molar-refractivity contribution in [2.45, 2.75) is 45.7 Å². The molecule has 1 fully saturated rings. The fourth-order valence-corrected chi connectivity index (χ4v) is 6.14. The van der Waals surface area contributed by atoms with Gasteiger partial charge in [-0.3, -0.25) is 14.5 Å². The monoisotopic (exact) mass is 516 g/mol. The number of nitrogens with zero attached hydrogens (tertiary/aromatic N) is 3. The topological polar surface area (TPSA) is 66.8 Å². The summed E-state index contributed by atoms with van der Waals surface area (Å²) in [4.78, 5) is 32.2. The molecule has 5 rings (SSSR count). The maximum Gasteiger partial charge on any atom is 0.255 e. The zero-order valence-corrected chi connectivity index (χ0v) is 23.1. The maximum atomic E-state index is 14.1. The number of carbonyl (C=O) groups excluding carboxylic acids is 2. The lowest BCUT2D eigenvalue weighted by Gasteiger charge is -2.36. The fraction of sp³-hybridized carbons (Fsp3) is 0.484. The highest BCUT2D eigenvalue weighted by molar-refractivity contribution is 6.03. The minimum Gasteiger partial charge on any atom is -0.379 e. The molecule has 0 spiro atoms. The van der Waals surface area contributed by atoms with Gasteiger partial charge in [-0.05, 0) is 43.5 Å². The second kappa shape index (κ2) is 11.3. The second-order valence-electron chi connectivity index (χ2n) is 10.7. The van der Waals surface area contributed by atoms with Crippen LogP contribution in [0, 0.1) is 12.8 Å². The maximum absolute atomic E-state index is 14.1. The van der Waals surface area contributed by atoms with Gasteiger partial charge in [-0.15, -0.1) is 0 Å². The molecule has 3 atom stereocenters. The Morgan fingerprint density at radius 2 is 1.82 bits per heavy atom. The van der Waals surface area contributed by atoms with Crippen LogP contribution in [0.3, 0.4) is 0 Å². The van der Waals surface area contributed by atoms with E-state index in [-0.39, 0.29) is 23.8 Å². The van der Waals surface area contributed by atoms with E-state index in [0.29, 0.717) is 12.1 Å². The number of carbonyl (C=O) groups is 2. The van der Waals surface area contributed by atoms with E-state index in [9.17, 15) is 9.59 Å². The van der Waals surface area contributed by atoms with E-state index in [1.54, 1.807) is 0 Å². The predicted molar refractivity (Wildman–Crippen MR) is 150 cm³/mol. The summed E-state index contributed by atoms with van der Waals surface area (Å²) < 4.78 is 7.63. The molecule has 1 saturated heterocycles. The third-order valence-electron chi connectivity index (χ3n) is 8.53. The van der Waals surface area contributed by atoms with Crippen LogP contribution in [-0.4, -0.2) is 71.6 Å². The standard InChI is InChI=1S/C31H40N4O3/c1-5-21(2)28(30(36)32-15-10-16-34-17-19-38-20-18-34)35-29(23-11-6-7-12-24(23)31(35)37)27-22(3)33(4)26-14-9-8-13-25(26)27/h6-9,11-14,21,28-29H,5,10,15-20H2,1-4H3,(H,32,36). The molecule has 1 N–H and O–H groups in total. The number of hydrogen-bond donors (Lipinski definition) is 1. The molecule has 3 heterocycles. The highest BCUT2D eigenvalue weighted by atomic mass is 16.5. The molecule has 38 heavy (non-hydrogen) atoms. The molecule has 0 aliphatic carbocycles. The lowest BCUT2D eigenvalue weighted by Crippen LogP contribution is -2.52. The number of morpholine rings is 1. The van der Waals surface area contributed by atoms with E-state index in [1.165, 1.54) is 0 Å². The molecule has 202 valence electrons. The molecule has 2 aliphatic heterocycles. The first-order chi connectivity index (χ1) is 18.4. The van der Waals surface area contributed by atoms with Crippen LogP contribution in [0.5, 0.6) is 0 Å². The molecule has 2 amide bonds. The zero-order valence-electron chi connectivity index (χ0n) is 23.1. The molecule has 0 bridgehead atoms. The van der Waals surface area contributed by atoms with Gasteiger partial charge in [0.25, 0.3) is 5.91 Å². The molecule has 3 unspecified atom stereocenters. The Bertz CT molecular complexity index is 1310. The van der Waals surface area contributed by atoms with Crippen molar-refractivity contribution >= 4 is 22.7 Å². The van der Waals surface area contributed by atoms with Crippen molar-refractivity contribution in [3.63, 3.8) is 0 Å². The van der Waals surface area contributed by atoms with Crippen molar-refractivity contribution in [2.75, 3.05) is 39.4 Å². The van der Waals surface area contributed by atoms with Gasteiger partial charge in [-0.25, -0.2) is 0 Å². The van der Waals surface area contributed by atoms with E-state index in [4.69, 9.17) is 4.74 Å². The number of para-hydroxylation sites is 1. The van der Waals surface area contributed by atoms with Crippen LogP contribution in [0.15, 0.2) is 48.5 Å². The Balaban J connectivity index is 1.48. The predicted octanol–water partition coefficient (Wildman–Crippen LogP) is 4.29. The number of hydrogen-bond acceptors (Lipinski definition) is 4. The highest BCUT2D eigenvalue weighted by Crippen LogP contribution is 2.45. The lowest BCUT2D eigenvalue weighted by molar-refractivity contribution is -0.127. The number of aromatic nitrogens is 1. The fourth-order valence-electron chi connectivity index (χ4n) is 6.14. The summed E-state index contributed by atoms with van der Waals surface area (Å²) in [6.07, 6.45) is 1.67. The molecule has 2 aromatic carbocycles. The Kier molecular flexibility index (Phi) is 7.86. The van der Waals surface area contributed by atoms with Gasteiger partial charge < -0.3 is 19.5 Å². The molecule has 1 aromatic heterocycles. The third kappa shape index (κ3) is 4.74. The SMILES string of the molecule is CCC(C)C(C(=O)NCCCN1CCOCC1)N1C(=O)c2ccccc2C1c1c(C)n(C)c2ccccc12. The van der Waals surface area contributed by atoms with Gasteiger partial charge in [0.05, 0.1) is 19.3 Å². The van der Waals surface area contributed by atoms with Crippen LogP contribution < -0.4 is 5.32 Å². The zero-order chi connectivity index (χ0) is 26.8. The summed E-state index contributed by atoms with van der Waals surface area (Å²) in [7, 11) is 2.07. The van der Waals surface area contributed by atoms with Crippen LogP contribution in [-0.2, 0) is 16.6 Å². The van der Waals surface area contributed by atoms with E-state index < -0.39 is 6.04 Å². The van der Waals surface area contributed by atoms with E-state index in [2.05, 4.69) is 54.7 Å². The number of ether oxygens (including phenoxy) is 1. The van der Waals surface area contributed by atoms with Gasteiger partial charge in [0.1, 0.15) is 6.04 Å². The van der Waals surface area contributed by atoms with Gasteiger partial charge in [0, 0.05) is 54.4 Å². The largest absolute Gasteiger partial charge is 0.379 e. The molecule has 0 saturated carbocycles. The van der Waals surface area contributed by atoms with E-state index in [0.717, 1.165) is 73.4 Å². The molecular weight excluding hydrogens is 476 g/mol. The Labute approximate surface area is 225 Å². The number of fused-ring (bicyclic) bond motifs is 2. The number of rotatable bonds is 9. The van der Waals surface area contributed by atoms with Gasteiger partial charge in [-0.1, -0.05) is 56.7 Å². The number of benzene rings is 2. The molecule has 7 nitrogen and oxygen atoms in total. The summed E-state index contributed by atoms with van der Waals surface area (Å²) in [5.41, 5.74) is 5.02. The molecule has 2 aliphatic rings. The minimum atomic E-state index is -0.563. The normalized spacial score (nSPS) is 19.5. The van der Waals surface area contributed by atoms with Gasteiger partial charge in [0.15, 0.2) is 0 Å². The second-order valence-corrected chi connectivity index (χ2v) is 10.7. The van der Waals surface area contributed by atoms with Gasteiger partial charge >= 0.3 is 0 Å². The first-order valence-corrected chi connectivity index (χ1v) is 14.0. The molecule has 7 heteroatoms. The Morgan fingerprint density at radius 3 is 2.58 bits per heavy atom. The van der Waals surface area contributed by atoms with Crippen molar-refractivity contribution in [1.82, 2.24) is 19.7 Å². The highest BCUT2D eigenvalue weighted by Gasteiger charge is 2.46. The van der Waals surface area contributed by atoms with Crippen molar-refractivity contribution in [2.24, 2.45) is 13.0 Å². The number of aryl methyl sites for hydroxylation is 1. The molecule has 3 aromatic rings. The average molecular weight is 517 g/mol. The summed E-state index contributed by atoms with van der Waals surface area (Å²) in [6.45, 7) is 11.2. The summed E-state index contributed by atoms with van der Waals surface area (Å²) in [5, 5.41) is 4.32. The van der Waals surface area contributed by atoms with Crippen molar-refractivity contribution < 1.29 is 14.3 Å². The third-order valence-corrected chi connectivity index (χ3v) is 8.53. The van der Waals surface area contributed by atoms with Crippen molar-refractivity contribution in [3.05, 3.63) is 70.9 Å². The average Bonchev–Trinajstić information content (AvgIpc) is 3.37. The minimum absolute atomic E-state index is 0.00490. The summed E-state index contributed by atoms with van der Waals surface area (Å²) in [6, 6.07) is 15.3. The smallest absolute Gasteiger partial charge is 0.255 e.